The van der Waals surface area contributed by atoms with Crippen LogP contribution in [-0.2, 0) is 0 Å². The Labute approximate surface area is 133 Å². The summed E-state index contributed by atoms with van der Waals surface area (Å²) in [5.41, 5.74) is 1.22. The van der Waals surface area contributed by atoms with Crippen molar-refractivity contribution in [2.45, 2.75) is 0 Å². The van der Waals surface area contributed by atoms with E-state index in [4.69, 9.17) is 16.3 Å². The Balaban J connectivity index is 1.75. The number of ether oxygens (including phenoxy) is 1. The number of halogens is 1. The van der Waals surface area contributed by atoms with Crippen molar-refractivity contribution in [3.05, 3.63) is 77.3 Å². The van der Waals surface area contributed by atoms with E-state index in [0.29, 0.717) is 10.7 Å². The van der Waals surface area contributed by atoms with Crippen LogP contribution in [0.4, 0.5) is 0 Å². The molecule has 0 aliphatic rings. The van der Waals surface area contributed by atoms with Gasteiger partial charge in [-0.1, -0.05) is 59.2 Å². The molecule has 110 valence electrons. The van der Waals surface area contributed by atoms with E-state index in [1.807, 2.05) is 42.5 Å². The molecule has 0 bridgehead atoms. The highest BCUT2D eigenvalue weighted by Gasteiger charge is 2.06. The number of hydrogen-bond donors (Lipinski definition) is 1. The zero-order chi connectivity index (χ0) is 15.4. The van der Waals surface area contributed by atoms with Crippen molar-refractivity contribution in [2.24, 2.45) is 5.16 Å². The molecule has 3 nitrogen and oxygen atoms in total. The summed E-state index contributed by atoms with van der Waals surface area (Å²) in [5, 5.41) is 15.4. The number of fused-ring (bicyclic) bond motifs is 1. The normalized spacial score (nSPS) is 11.6. The van der Waals surface area contributed by atoms with Crippen molar-refractivity contribution < 1.29 is 9.94 Å². The smallest absolute Gasteiger partial charge is 0.134 e. The summed E-state index contributed by atoms with van der Waals surface area (Å²) in [6, 6.07) is 21.0. The van der Waals surface area contributed by atoms with E-state index in [9.17, 15) is 5.21 Å². The predicted octanol–water partition coefficient (Wildman–Crippen LogP) is 4.75. The third-order valence-corrected chi connectivity index (χ3v) is 3.65. The van der Waals surface area contributed by atoms with Gasteiger partial charge in [-0.2, -0.15) is 0 Å². The maximum atomic E-state index is 9.17. The van der Waals surface area contributed by atoms with Gasteiger partial charge in [0.1, 0.15) is 18.1 Å². The van der Waals surface area contributed by atoms with Crippen molar-refractivity contribution in [3.63, 3.8) is 0 Å². The molecule has 0 heterocycles. The average molecular weight is 312 g/mol. The number of rotatable bonds is 4. The Kier molecular flexibility index (Phi) is 4.26. The molecule has 0 saturated heterocycles. The van der Waals surface area contributed by atoms with Gasteiger partial charge in [0.05, 0.1) is 0 Å². The first kappa shape index (κ1) is 14.4. The molecule has 0 aliphatic heterocycles. The largest absolute Gasteiger partial charge is 0.487 e. The first-order valence-corrected chi connectivity index (χ1v) is 7.22. The molecule has 0 spiro atoms. The summed E-state index contributed by atoms with van der Waals surface area (Å²) in [6.07, 6.45) is 0. The molecule has 0 amide bonds. The minimum Gasteiger partial charge on any atom is -0.487 e. The van der Waals surface area contributed by atoms with Crippen LogP contribution in [-0.4, -0.2) is 17.5 Å². The zero-order valence-corrected chi connectivity index (χ0v) is 12.5. The fourth-order valence-electron chi connectivity index (χ4n) is 2.22. The van der Waals surface area contributed by atoms with Gasteiger partial charge in [0.15, 0.2) is 0 Å². The van der Waals surface area contributed by atoms with Gasteiger partial charge in [0, 0.05) is 10.6 Å². The van der Waals surface area contributed by atoms with E-state index in [2.05, 4.69) is 5.16 Å². The van der Waals surface area contributed by atoms with Crippen LogP contribution in [0.25, 0.3) is 10.8 Å². The van der Waals surface area contributed by atoms with E-state index >= 15 is 0 Å². The second-order valence-corrected chi connectivity index (χ2v) is 5.29. The van der Waals surface area contributed by atoms with Crippen LogP contribution < -0.4 is 4.74 Å². The Hall–Kier alpha value is -2.52. The van der Waals surface area contributed by atoms with Gasteiger partial charge < -0.3 is 9.94 Å². The predicted molar refractivity (Wildman–Crippen MR) is 89.2 cm³/mol. The lowest BCUT2D eigenvalue weighted by Crippen LogP contribution is -2.13. The van der Waals surface area contributed by atoms with Crippen molar-refractivity contribution in [1.82, 2.24) is 0 Å². The molecule has 3 aromatic rings. The number of nitrogens with zero attached hydrogens (tertiary/aromatic N) is 1. The van der Waals surface area contributed by atoms with E-state index in [1.165, 1.54) is 0 Å². The fraction of sp³-hybridized carbons (Fsp3) is 0.0556. The summed E-state index contributed by atoms with van der Waals surface area (Å²) < 4.78 is 5.73. The molecule has 22 heavy (non-hydrogen) atoms. The summed E-state index contributed by atoms with van der Waals surface area (Å²) >= 11 is 5.85. The van der Waals surface area contributed by atoms with Crippen molar-refractivity contribution in [2.75, 3.05) is 6.61 Å². The highest BCUT2D eigenvalue weighted by molar-refractivity contribution is 6.30. The van der Waals surface area contributed by atoms with Crippen LogP contribution in [0, 0.1) is 0 Å². The first-order chi connectivity index (χ1) is 10.8. The third-order valence-electron chi connectivity index (χ3n) is 3.39. The monoisotopic (exact) mass is 311 g/mol. The molecular formula is C18H14ClNO2. The molecule has 0 saturated carbocycles. The van der Waals surface area contributed by atoms with E-state index in [1.54, 1.807) is 24.3 Å². The third kappa shape index (κ3) is 3.21. The van der Waals surface area contributed by atoms with Gasteiger partial charge in [-0.05, 0) is 35.0 Å². The molecule has 0 aromatic heterocycles. The van der Waals surface area contributed by atoms with Crippen molar-refractivity contribution >= 4 is 28.1 Å². The zero-order valence-electron chi connectivity index (χ0n) is 11.7. The van der Waals surface area contributed by atoms with Gasteiger partial charge in [0.2, 0.25) is 0 Å². The lowest BCUT2D eigenvalue weighted by atomic mass is 10.1. The highest BCUT2D eigenvalue weighted by atomic mass is 35.5. The summed E-state index contributed by atoms with van der Waals surface area (Å²) in [4.78, 5) is 0. The number of oxime groups is 1. The molecular weight excluding hydrogens is 298 g/mol. The maximum Gasteiger partial charge on any atom is 0.134 e. The van der Waals surface area contributed by atoms with Gasteiger partial charge in [-0.25, -0.2) is 0 Å². The Bertz CT molecular complexity index is 813. The number of benzene rings is 3. The maximum absolute atomic E-state index is 9.17. The Morgan fingerprint density at radius 2 is 1.68 bits per heavy atom. The van der Waals surface area contributed by atoms with Gasteiger partial charge in [-0.15, -0.1) is 0 Å². The summed E-state index contributed by atoms with van der Waals surface area (Å²) in [5.74, 6) is 0.730. The molecule has 0 radical (unpaired) electrons. The second kappa shape index (κ2) is 6.50. The van der Waals surface area contributed by atoms with E-state index in [-0.39, 0.29) is 6.61 Å². The van der Waals surface area contributed by atoms with Gasteiger partial charge >= 0.3 is 0 Å². The topological polar surface area (TPSA) is 41.8 Å². The van der Waals surface area contributed by atoms with Crippen LogP contribution >= 0.6 is 11.6 Å². The molecule has 0 atom stereocenters. The van der Waals surface area contributed by atoms with Crippen LogP contribution in [0.2, 0.25) is 5.02 Å². The standard InChI is InChI=1S/C18H14ClNO2/c19-16-8-5-14(6-9-16)18(20-21)12-22-17-10-7-13-3-1-2-4-15(13)11-17/h1-11,21H,12H2/b20-18+. The molecule has 0 fully saturated rings. The molecule has 0 unspecified atom stereocenters. The molecule has 4 heteroatoms. The fourth-order valence-corrected chi connectivity index (χ4v) is 2.35. The summed E-state index contributed by atoms with van der Waals surface area (Å²) in [7, 11) is 0. The van der Waals surface area contributed by atoms with Crippen LogP contribution in [0.1, 0.15) is 5.56 Å². The highest BCUT2D eigenvalue weighted by Crippen LogP contribution is 2.21. The lowest BCUT2D eigenvalue weighted by molar-refractivity contribution is 0.308. The first-order valence-electron chi connectivity index (χ1n) is 6.85. The SMILES string of the molecule is O/N=C(\COc1ccc2ccccc2c1)c1ccc(Cl)cc1. The van der Waals surface area contributed by atoms with Crippen LogP contribution in [0.15, 0.2) is 71.9 Å². The molecule has 0 aliphatic carbocycles. The van der Waals surface area contributed by atoms with Crippen LogP contribution in [0.3, 0.4) is 0 Å². The van der Waals surface area contributed by atoms with Crippen LogP contribution in [0.5, 0.6) is 5.75 Å². The number of hydrogen-bond acceptors (Lipinski definition) is 3. The van der Waals surface area contributed by atoms with Gasteiger partial charge in [-0.3, -0.25) is 0 Å². The van der Waals surface area contributed by atoms with E-state index in [0.717, 1.165) is 22.1 Å². The minimum absolute atomic E-state index is 0.177. The van der Waals surface area contributed by atoms with E-state index < -0.39 is 0 Å². The second-order valence-electron chi connectivity index (χ2n) is 4.85. The summed E-state index contributed by atoms with van der Waals surface area (Å²) in [6.45, 7) is 0.177. The molecule has 3 aromatic carbocycles. The molecule has 3 rings (SSSR count). The van der Waals surface area contributed by atoms with Crippen molar-refractivity contribution in [1.29, 1.82) is 0 Å². The quantitative estimate of drug-likeness (QED) is 0.429. The van der Waals surface area contributed by atoms with Gasteiger partial charge in [0.25, 0.3) is 0 Å². The average Bonchev–Trinajstić information content (AvgIpc) is 2.57. The molecule has 1 N–H and O–H groups in total. The van der Waals surface area contributed by atoms with Crippen molar-refractivity contribution in [3.8, 4) is 5.75 Å². The lowest BCUT2D eigenvalue weighted by Gasteiger charge is -2.09. The minimum atomic E-state index is 0.177. The Morgan fingerprint density at radius 1 is 0.955 bits per heavy atom. The Morgan fingerprint density at radius 3 is 2.41 bits per heavy atom.